The van der Waals surface area contributed by atoms with Crippen molar-refractivity contribution in [2.75, 3.05) is 0 Å². The van der Waals surface area contributed by atoms with Crippen molar-refractivity contribution in [3.05, 3.63) is 46.6 Å². The van der Waals surface area contributed by atoms with Crippen molar-refractivity contribution in [2.45, 2.75) is 53.4 Å². The Balaban J connectivity index is 0.000000372. The van der Waals surface area contributed by atoms with Crippen molar-refractivity contribution in [1.29, 1.82) is 0 Å². The normalized spacial score (nSPS) is 32.5. The van der Waals surface area contributed by atoms with Gasteiger partial charge in [0.2, 0.25) is 0 Å². The van der Waals surface area contributed by atoms with Gasteiger partial charge in [-0.05, 0) is 12.8 Å². The summed E-state index contributed by atoms with van der Waals surface area (Å²) in [5.41, 5.74) is 6.50. The van der Waals surface area contributed by atoms with Crippen LogP contribution in [-0.4, -0.2) is 0 Å². The van der Waals surface area contributed by atoms with E-state index in [4.69, 9.17) is 0 Å². The van der Waals surface area contributed by atoms with E-state index in [1.54, 1.807) is 22.3 Å². The number of hydrogen-bond acceptors (Lipinski definition) is 0. The number of hydrogen-bond donors (Lipinski definition) is 0. The molecule has 0 N–H and O–H groups in total. The maximum atomic E-state index is 3.35. The van der Waals surface area contributed by atoms with Crippen molar-refractivity contribution < 1.29 is 51.0 Å². The molecule has 4 aliphatic rings. The van der Waals surface area contributed by atoms with E-state index < -0.39 is 0 Å². The minimum absolute atomic E-state index is 0. The zero-order valence-corrected chi connectivity index (χ0v) is 18.5. The molecule has 0 aromatic carbocycles. The molecule has 0 aliphatic heterocycles. The Labute approximate surface area is 173 Å². The van der Waals surface area contributed by atoms with Gasteiger partial charge in [0, 0.05) is 0 Å². The molecule has 0 aromatic rings. The predicted octanol–water partition coefficient (Wildman–Crippen LogP) is -0.551. The van der Waals surface area contributed by atoms with Gasteiger partial charge in [0.15, 0.2) is 0 Å². The minimum atomic E-state index is 0. The molecule has 0 heterocycles. The zero-order valence-electron chi connectivity index (χ0n) is 14.5. The van der Waals surface area contributed by atoms with E-state index >= 15 is 0 Å². The van der Waals surface area contributed by atoms with Crippen LogP contribution in [0.15, 0.2) is 34.4 Å². The average molecular weight is 429 g/mol. The molecule has 4 unspecified atom stereocenters. The molecular weight excluding hydrogens is 402 g/mol. The molecule has 4 atom stereocenters. The van der Waals surface area contributed by atoms with Crippen molar-refractivity contribution in [2.24, 2.45) is 23.7 Å². The summed E-state index contributed by atoms with van der Waals surface area (Å²) < 4.78 is 0. The third-order valence-electron chi connectivity index (χ3n) is 5.52. The van der Waals surface area contributed by atoms with Crippen molar-refractivity contribution >= 4 is 0 Å². The van der Waals surface area contributed by atoms with Crippen LogP contribution in [0.4, 0.5) is 0 Å². The van der Waals surface area contributed by atoms with Crippen molar-refractivity contribution in [3.63, 3.8) is 0 Å². The molecule has 124 valence electrons. The van der Waals surface area contributed by atoms with Crippen LogP contribution in [0, 0.1) is 35.8 Å². The van der Waals surface area contributed by atoms with E-state index in [9.17, 15) is 0 Å². The Morgan fingerprint density at radius 2 is 1.09 bits per heavy atom. The third kappa shape index (κ3) is 4.74. The van der Waals surface area contributed by atoms with E-state index in [1.165, 1.54) is 25.7 Å². The van der Waals surface area contributed by atoms with E-state index in [0.29, 0.717) is 11.8 Å². The molecule has 3 heteroatoms. The Bertz CT molecular complexity index is 480. The Morgan fingerprint density at radius 3 is 1.39 bits per heavy atom. The number of rotatable bonds is 0. The van der Waals surface area contributed by atoms with Gasteiger partial charge in [0.1, 0.15) is 0 Å². The van der Waals surface area contributed by atoms with E-state index in [1.807, 2.05) is 0 Å². The quantitative estimate of drug-likeness (QED) is 0.455. The Kier molecular flexibility index (Phi) is 9.97. The SMILES string of the molecule is CC1[C-]=CC2=C1CCC2C.CC1[C-]=CC2=C1CCC2C.[Cl-].[Cl-].[Zr+4]. The van der Waals surface area contributed by atoms with Gasteiger partial charge in [0.25, 0.3) is 0 Å². The molecular formula is C20H26Cl2Zr. The largest absolute Gasteiger partial charge is 4.00 e. The molecule has 23 heavy (non-hydrogen) atoms. The van der Waals surface area contributed by atoms with Crippen LogP contribution in [0.1, 0.15) is 53.4 Å². The molecule has 0 bridgehead atoms. The van der Waals surface area contributed by atoms with Gasteiger partial charge in [-0.2, -0.15) is 22.3 Å². The maximum Gasteiger partial charge on any atom is 4.00 e. The molecule has 0 fully saturated rings. The van der Waals surface area contributed by atoms with Crippen molar-refractivity contribution in [3.8, 4) is 0 Å². The number of allylic oxidation sites excluding steroid dienone is 8. The topological polar surface area (TPSA) is 0 Å². The molecule has 0 saturated heterocycles. The molecule has 4 rings (SSSR count). The molecule has 4 aliphatic carbocycles. The second-order valence-electron chi connectivity index (χ2n) is 6.91. The summed E-state index contributed by atoms with van der Waals surface area (Å²) in [6, 6.07) is 0. The van der Waals surface area contributed by atoms with E-state index in [-0.39, 0.29) is 51.0 Å². The van der Waals surface area contributed by atoms with Crippen LogP contribution in [0.3, 0.4) is 0 Å². The Hall–Kier alpha value is 0.423. The summed E-state index contributed by atoms with van der Waals surface area (Å²) >= 11 is 0. The summed E-state index contributed by atoms with van der Waals surface area (Å²) in [7, 11) is 0. The monoisotopic (exact) mass is 426 g/mol. The van der Waals surface area contributed by atoms with Crippen LogP contribution in [0.5, 0.6) is 0 Å². The van der Waals surface area contributed by atoms with E-state index in [2.05, 4.69) is 52.0 Å². The average Bonchev–Trinajstić information content (AvgIpc) is 3.13. The van der Waals surface area contributed by atoms with Crippen LogP contribution >= 0.6 is 0 Å². The second-order valence-corrected chi connectivity index (χ2v) is 6.91. The minimum Gasteiger partial charge on any atom is -1.00 e. The van der Waals surface area contributed by atoms with Crippen LogP contribution < -0.4 is 24.8 Å². The van der Waals surface area contributed by atoms with Crippen LogP contribution in [0.25, 0.3) is 0 Å². The summed E-state index contributed by atoms with van der Waals surface area (Å²) in [5.74, 6) is 2.87. The van der Waals surface area contributed by atoms with Gasteiger partial charge in [-0.3, -0.25) is 12.2 Å². The molecule has 0 spiro atoms. The number of halogens is 2. The smallest absolute Gasteiger partial charge is 1.00 e. The predicted molar refractivity (Wildman–Crippen MR) is 84.8 cm³/mol. The first-order chi connectivity index (χ1) is 9.58. The molecule has 0 aromatic heterocycles. The first-order valence-electron chi connectivity index (χ1n) is 8.22. The van der Waals surface area contributed by atoms with Gasteiger partial charge in [0.05, 0.1) is 0 Å². The molecule has 0 amide bonds. The summed E-state index contributed by atoms with van der Waals surface area (Å²) in [6.45, 7) is 9.13. The van der Waals surface area contributed by atoms with Gasteiger partial charge in [-0.15, -0.1) is 0 Å². The van der Waals surface area contributed by atoms with Crippen LogP contribution in [-0.2, 0) is 26.2 Å². The van der Waals surface area contributed by atoms with Gasteiger partial charge < -0.3 is 24.8 Å². The maximum absolute atomic E-state index is 3.35. The molecule has 0 nitrogen and oxygen atoms in total. The van der Waals surface area contributed by atoms with Crippen molar-refractivity contribution in [1.82, 2.24) is 0 Å². The van der Waals surface area contributed by atoms with E-state index in [0.717, 1.165) is 11.8 Å². The second kappa shape index (κ2) is 9.79. The standard InChI is InChI=1S/2C10H13.2ClH.Zr/c2*1-7-3-5-10-8(2)4-6-9(7)10;;;/h2*6-8H,3,5H2,1-2H3;2*1H;/q2*-1;;;+4/p-2. The fourth-order valence-corrected chi connectivity index (χ4v) is 4.01. The summed E-state index contributed by atoms with van der Waals surface area (Å²) in [4.78, 5) is 0. The van der Waals surface area contributed by atoms with Gasteiger partial charge in [-0.25, -0.2) is 12.2 Å². The molecule has 0 saturated carbocycles. The van der Waals surface area contributed by atoms with Gasteiger partial charge >= 0.3 is 26.2 Å². The van der Waals surface area contributed by atoms with Gasteiger partial charge in [-0.1, -0.05) is 64.2 Å². The molecule has 0 radical (unpaired) electrons. The Morgan fingerprint density at radius 1 is 0.739 bits per heavy atom. The fraction of sp³-hybridized carbons (Fsp3) is 0.600. The summed E-state index contributed by atoms with van der Waals surface area (Å²) in [5, 5.41) is 0. The summed E-state index contributed by atoms with van der Waals surface area (Å²) in [6.07, 6.45) is 16.5. The first kappa shape index (κ1) is 23.4. The first-order valence-corrected chi connectivity index (χ1v) is 8.22. The van der Waals surface area contributed by atoms with Crippen LogP contribution in [0.2, 0.25) is 0 Å². The third-order valence-corrected chi connectivity index (χ3v) is 5.52. The fourth-order valence-electron chi connectivity index (χ4n) is 4.01. The zero-order chi connectivity index (χ0) is 14.3.